The van der Waals surface area contributed by atoms with Crippen LogP contribution in [0.15, 0.2) is 53.0 Å². The maximum Gasteiger partial charge on any atom is 0.242 e. The van der Waals surface area contributed by atoms with Crippen molar-refractivity contribution in [1.29, 1.82) is 0 Å². The van der Waals surface area contributed by atoms with Crippen LogP contribution in [0.25, 0.3) is 0 Å². The van der Waals surface area contributed by atoms with E-state index in [0.29, 0.717) is 5.02 Å². The highest BCUT2D eigenvalue weighted by Gasteiger charge is 2.28. The number of carbonyl (C=O) groups excluding carboxylic acids is 2. The lowest BCUT2D eigenvalue weighted by atomic mass is 10.1. The predicted molar refractivity (Wildman–Crippen MR) is 130 cm³/mol. The van der Waals surface area contributed by atoms with Crippen LogP contribution in [0.3, 0.4) is 0 Å². The van der Waals surface area contributed by atoms with Gasteiger partial charge in [0, 0.05) is 27.3 Å². The SMILES string of the molecule is CC(C(=O)NC(C)(C)C)N(Cc1ccccc1Cl)C(=O)CSCc1ccc(Br)cc1. The van der Waals surface area contributed by atoms with E-state index in [1.54, 1.807) is 17.9 Å². The predicted octanol–water partition coefficient (Wildman–Crippen LogP) is 5.67. The van der Waals surface area contributed by atoms with Crippen LogP contribution in [0.4, 0.5) is 0 Å². The Labute approximate surface area is 196 Å². The normalized spacial score (nSPS) is 12.3. The van der Waals surface area contributed by atoms with E-state index in [1.165, 1.54) is 11.8 Å². The average Bonchev–Trinajstić information content (AvgIpc) is 2.67. The van der Waals surface area contributed by atoms with Crippen LogP contribution in [0.5, 0.6) is 0 Å². The molecule has 0 saturated carbocycles. The zero-order valence-corrected chi connectivity index (χ0v) is 20.9. The summed E-state index contributed by atoms with van der Waals surface area (Å²) in [6.45, 7) is 7.81. The molecule has 1 N–H and O–H groups in total. The molecule has 0 aliphatic heterocycles. The van der Waals surface area contributed by atoms with Crippen molar-refractivity contribution in [1.82, 2.24) is 10.2 Å². The minimum atomic E-state index is -0.610. The van der Waals surface area contributed by atoms with Crippen molar-refractivity contribution in [3.05, 3.63) is 69.2 Å². The van der Waals surface area contributed by atoms with Crippen LogP contribution < -0.4 is 5.32 Å². The van der Waals surface area contributed by atoms with E-state index >= 15 is 0 Å². The van der Waals surface area contributed by atoms with Crippen molar-refractivity contribution in [3.63, 3.8) is 0 Å². The van der Waals surface area contributed by atoms with Gasteiger partial charge in [-0.15, -0.1) is 11.8 Å². The first-order valence-electron chi connectivity index (χ1n) is 9.74. The highest BCUT2D eigenvalue weighted by molar-refractivity contribution is 9.10. The molecule has 0 aliphatic carbocycles. The summed E-state index contributed by atoms with van der Waals surface area (Å²) in [7, 11) is 0. The van der Waals surface area contributed by atoms with Gasteiger partial charge in [-0.1, -0.05) is 57.9 Å². The summed E-state index contributed by atoms with van der Waals surface area (Å²) in [6.07, 6.45) is 0. The maximum atomic E-state index is 13.1. The summed E-state index contributed by atoms with van der Waals surface area (Å²) < 4.78 is 1.02. The number of benzene rings is 2. The van der Waals surface area contributed by atoms with Gasteiger partial charge in [0.25, 0.3) is 0 Å². The number of nitrogens with zero attached hydrogens (tertiary/aromatic N) is 1. The summed E-state index contributed by atoms with van der Waals surface area (Å²) in [5, 5.41) is 3.55. The Morgan fingerprint density at radius 1 is 1.13 bits per heavy atom. The van der Waals surface area contributed by atoms with Crippen molar-refractivity contribution < 1.29 is 9.59 Å². The summed E-state index contributed by atoms with van der Waals surface area (Å²) in [5.74, 6) is 0.740. The van der Waals surface area contributed by atoms with Gasteiger partial charge >= 0.3 is 0 Å². The minimum Gasteiger partial charge on any atom is -0.350 e. The molecule has 0 bridgehead atoms. The first-order chi connectivity index (χ1) is 14.1. The van der Waals surface area contributed by atoms with Crippen molar-refractivity contribution in [3.8, 4) is 0 Å². The molecule has 1 unspecified atom stereocenters. The van der Waals surface area contributed by atoms with Crippen LogP contribution in [0, 0.1) is 0 Å². The number of carbonyl (C=O) groups is 2. The molecular formula is C23H28BrClN2O2S. The second kappa shape index (κ2) is 11.2. The second-order valence-electron chi connectivity index (χ2n) is 8.15. The molecular weight excluding hydrogens is 484 g/mol. The Balaban J connectivity index is 2.10. The smallest absolute Gasteiger partial charge is 0.242 e. The fourth-order valence-electron chi connectivity index (χ4n) is 2.79. The molecule has 0 heterocycles. The number of amides is 2. The van der Waals surface area contributed by atoms with E-state index in [2.05, 4.69) is 21.2 Å². The number of hydrogen-bond donors (Lipinski definition) is 1. The van der Waals surface area contributed by atoms with Crippen LogP contribution in [0.1, 0.15) is 38.8 Å². The lowest BCUT2D eigenvalue weighted by molar-refractivity contribution is -0.139. The van der Waals surface area contributed by atoms with Gasteiger partial charge in [0.05, 0.1) is 5.75 Å². The van der Waals surface area contributed by atoms with Gasteiger partial charge in [-0.25, -0.2) is 0 Å². The van der Waals surface area contributed by atoms with Gasteiger partial charge in [-0.05, 0) is 57.0 Å². The molecule has 0 spiro atoms. The number of halogens is 2. The summed E-state index contributed by atoms with van der Waals surface area (Å²) in [4.78, 5) is 27.5. The Hall–Kier alpha value is -1.50. The van der Waals surface area contributed by atoms with Crippen molar-refractivity contribution in [2.45, 2.75) is 51.6 Å². The van der Waals surface area contributed by atoms with Gasteiger partial charge in [-0.3, -0.25) is 9.59 Å². The highest BCUT2D eigenvalue weighted by Crippen LogP contribution is 2.21. The van der Waals surface area contributed by atoms with Gasteiger partial charge in [0.15, 0.2) is 0 Å². The summed E-state index contributed by atoms with van der Waals surface area (Å²) >= 11 is 11.3. The van der Waals surface area contributed by atoms with Crippen molar-refractivity contribution in [2.24, 2.45) is 0 Å². The average molecular weight is 512 g/mol. The third-order valence-corrected chi connectivity index (χ3v) is 6.26. The molecule has 0 aliphatic rings. The largest absolute Gasteiger partial charge is 0.350 e. The van der Waals surface area contributed by atoms with E-state index in [-0.39, 0.29) is 29.7 Å². The standard InChI is InChI=1S/C23H28BrClN2O2S/c1-16(22(29)26-23(2,3)4)27(13-18-7-5-6-8-20(18)25)21(28)15-30-14-17-9-11-19(24)12-10-17/h5-12,16H,13-15H2,1-4H3,(H,26,29). The van der Waals surface area contributed by atoms with E-state index in [0.717, 1.165) is 21.4 Å². The molecule has 0 radical (unpaired) electrons. The molecule has 4 nitrogen and oxygen atoms in total. The summed E-state index contributed by atoms with van der Waals surface area (Å²) in [6, 6.07) is 14.8. The van der Waals surface area contributed by atoms with E-state index in [1.807, 2.05) is 63.2 Å². The first kappa shape index (κ1) is 24.8. The van der Waals surface area contributed by atoms with Gasteiger partial charge < -0.3 is 10.2 Å². The Morgan fingerprint density at radius 2 is 1.77 bits per heavy atom. The second-order valence-corrected chi connectivity index (χ2v) is 10.5. The molecule has 2 rings (SSSR count). The van der Waals surface area contributed by atoms with E-state index < -0.39 is 6.04 Å². The quantitative estimate of drug-likeness (QED) is 0.497. The maximum absolute atomic E-state index is 13.1. The number of thioether (sulfide) groups is 1. The Kier molecular flexibility index (Phi) is 9.26. The van der Waals surface area contributed by atoms with Crippen LogP contribution in [-0.4, -0.2) is 34.0 Å². The molecule has 2 amide bonds. The minimum absolute atomic E-state index is 0.0893. The van der Waals surface area contributed by atoms with Gasteiger partial charge in [0.1, 0.15) is 6.04 Å². The van der Waals surface area contributed by atoms with Crippen LogP contribution in [-0.2, 0) is 21.9 Å². The molecule has 7 heteroatoms. The third-order valence-electron chi connectivity index (χ3n) is 4.37. The Bertz CT molecular complexity index is 868. The molecule has 1 atom stereocenters. The fourth-order valence-corrected chi connectivity index (χ4v) is 4.12. The summed E-state index contributed by atoms with van der Waals surface area (Å²) in [5.41, 5.74) is 1.59. The zero-order valence-electron chi connectivity index (χ0n) is 17.7. The van der Waals surface area contributed by atoms with Gasteiger partial charge in [-0.2, -0.15) is 0 Å². The highest BCUT2D eigenvalue weighted by atomic mass is 79.9. The zero-order chi connectivity index (χ0) is 22.3. The fraction of sp³-hybridized carbons (Fsp3) is 0.391. The third kappa shape index (κ3) is 7.97. The van der Waals surface area contributed by atoms with Crippen LogP contribution in [0.2, 0.25) is 5.02 Å². The molecule has 2 aromatic carbocycles. The molecule has 162 valence electrons. The molecule has 0 aromatic heterocycles. The molecule has 0 saturated heterocycles. The topological polar surface area (TPSA) is 49.4 Å². The van der Waals surface area contributed by atoms with Gasteiger partial charge in [0.2, 0.25) is 11.8 Å². The lowest BCUT2D eigenvalue weighted by Gasteiger charge is -2.31. The molecule has 30 heavy (non-hydrogen) atoms. The number of nitrogens with one attached hydrogen (secondary N) is 1. The molecule has 2 aromatic rings. The van der Waals surface area contributed by atoms with E-state index in [9.17, 15) is 9.59 Å². The van der Waals surface area contributed by atoms with Crippen molar-refractivity contribution in [2.75, 3.05) is 5.75 Å². The lowest BCUT2D eigenvalue weighted by Crippen LogP contribution is -2.52. The van der Waals surface area contributed by atoms with Crippen LogP contribution >= 0.6 is 39.3 Å². The first-order valence-corrected chi connectivity index (χ1v) is 12.1. The number of rotatable bonds is 8. The number of hydrogen-bond acceptors (Lipinski definition) is 3. The Morgan fingerprint density at radius 3 is 2.37 bits per heavy atom. The van der Waals surface area contributed by atoms with E-state index in [4.69, 9.17) is 11.6 Å². The van der Waals surface area contributed by atoms with Crippen molar-refractivity contribution >= 4 is 51.1 Å². The molecule has 0 fully saturated rings. The monoisotopic (exact) mass is 510 g/mol.